The molecule has 0 aliphatic heterocycles. The van der Waals surface area contributed by atoms with Crippen LogP contribution in [-0.4, -0.2) is 56.5 Å². The van der Waals surface area contributed by atoms with E-state index in [0.29, 0.717) is 5.56 Å². The quantitative estimate of drug-likeness (QED) is 0.729. The van der Waals surface area contributed by atoms with Crippen molar-refractivity contribution < 1.29 is 18.3 Å². The third-order valence-electron chi connectivity index (χ3n) is 3.03. The molecule has 6 nitrogen and oxygen atoms in total. The summed E-state index contributed by atoms with van der Waals surface area (Å²) in [6.45, 7) is 0.264. The molecule has 3 N–H and O–H groups in total. The maximum Gasteiger partial charge on any atom is 0.329 e. The van der Waals surface area contributed by atoms with Crippen molar-refractivity contribution in [3.8, 4) is 0 Å². The highest BCUT2D eigenvalue weighted by molar-refractivity contribution is 7.90. The lowest BCUT2D eigenvalue weighted by Gasteiger charge is -2.30. The van der Waals surface area contributed by atoms with Crippen LogP contribution in [0.2, 0.25) is 0 Å². The van der Waals surface area contributed by atoms with E-state index < -0.39 is 21.3 Å². The maximum atomic E-state index is 11.5. The van der Waals surface area contributed by atoms with Gasteiger partial charge in [-0.2, -0.15) is 0 Å². The van der Waals surface area contributed by atoms with Crippen LogP contribution in [0.15, 0.2) is 30.3 Å². The van der Waals surface area contributed by atoms with Crippen LogP contribution in [0, 0.1) is 0 Å². The van der Waals surface area contributed by atoms with Crippen LogP contribution in [0.3, 0.4) is 0 Å². The molecule has 1 unspecified atom stereocenters. The van der Waals surface area contributed by atoms with Crippen LogP contribution in [0.5, 0.6) is 0 Å². The first-order valence-electron chi connectivity index (χ1n) is 6.09. The molecule has 0 saturated carbocycles. The predicted octanol–water partition coefficient (Wildman–Crippen LogP) is -0.0984. The Bertz CT molecular complexity index is 559. The molecule has 0 radical (unpaired) electrons. The van der Waals surface area contributed by atoms with Crippen molar-refractivity contribution >= 4 is 15.8 Å². The second-order valence-corrected chi connectivity index (χ2v) is 7.27. The molecular formula is C13H20N2O4S. The van der Waals surface area contributed by atoms with Gasteiger partial charge in [-0.05, 0) is 12.6 Å². The molecule has 20 heavy (non-hydrogen) atoms. The van der Waals surface area contributed by atoms with E-state index in [2.05, 4.69) is 0 Å². The largest absolute Gasteiger partial charge is 0.480 e. The Morgan fingerprint density at radius 1 is 1.35 bits per heavy atom. The SMILES string of the molecule is CN(CCS(C)(=O)=O)CC(N)(C(=O)O)c1ccccc1. The highest BCUT2D eigenvalue weighted by Gasteiger charge is 2.37. The number of nitrogens with zero attached hydrogens (tertiary/aromatic N) is 1. The Morgan fingerprint density at radius 2 is 1.90 bits per heavy atom. The maximum absolute atomic E-state index is 11.5. The predicted molar refractivity (Wildman–Crippen MR) is 77.2 cm³/mol. The smallest absolute Gasteiger partial charge is 0.329 e. The Kier molecular flexibility index (Phi) is 5.27. The van der Waals surface area contributed by atoms with E-state index in [1.54, 1.807) is 42.3 Å². The van der Waals surface area contributed by atoms with Gasteiger partial charge in [0.25, 0.3) is 0 Å². The van der Waals surface area contributed by atoms with Gasteiger partial charge >= 0.3 is 5.97 Å². The van der Waals surface area contributed by atoms with Crippen LogP contribution in [0.25, 0.3) is 0 Å². The van der Waals surface area contributed by atoms with Crippen molar-refractivity contribution in [2.24, 2.45) is 5.73 Å². The Labute approximate surface area is 119 Å². The van der Waals surface area contributed by atoms with Crippen LogP contribution in [-0.2, 0) is 20.2 Å². The highest BCUT2D eigenvalue weighted by Crippen LogP contribution is 2.19. The molecule has 0 aliphatic rings. The lowest BCUT2D eigenvalue weighted by Crippen LogP contribution is -2.53. The number of benzene rings is 1. The standard InChI is InChI=1S/C13H20N2O4S/c1-15(8-9-20(2,18)19)10-13(14,12(16)17)11-6-4-3-5-7-11/h3-7H,8-10,14H2,1-2H3,(H,16,17). The van der Waals surface area contributed by atoms with Crippen LogP contribution in [0.1, 0.15) is 5.56 Å². The molecule has 0 spiro atoms. The van der Waals surface area contributed by atoms with Crippen molar-refractivity contribution in [2.45, 2.75) is 5.54 Å². The summed E-state index contributed by atoms with van der Waals surface area (Å²) >= 11 is 0. The van der Waals surface area contributed by atoms with Gasteiger partial charge in [-0.3, -0.25) is 0 Å². The summed E-state index contributed by atoms with van der Waals surface area (Å²) in [6, 6.07) is 8.52. The average Bonchev–Trinajstić information content (AvgIpc) is 2.36. The molecule has 0 fully saturated rings. The molecule has 1 aromatic carbocycles. The monoisotopic (exact) mass is 300 g/mol. The van der Waals surface area contributed by atoms with Crippen molar-refractivity contribution in [1.29, 1.82) is 0 Å². The number of sulfone groups is 1. The lowest BCUT2D eigenvalue weighted by atomic mass is 9.90. The van der Waals surface area contributed by atoms with E-state index >= 15 is 0 Å². The number of nitrogens with two attached hydrogens (primary N) is 1. The van der Waals surface area contributed by atoms with Crippen LogP contribution >= 0.6 is 0 Å². The summed E-state index contributed by atoms with van der Waals surface area (Å²) in [5.74, 6) is -1.18. The molecule has 0 aliphatic carbocycles. The number of aliphatic carboxylic acids is 1. The van der Waals surface area contributed by atoms with E-state index in [4.69, 9.17) is 5.73 Å². The second-order valence-electron chi connectivity index (χ2n) is 5.01. The van der Waals surface area contributed by atoms with E-state index in [1.165, 1.54) is 0 Å². The number of carboxylic acids is 1. The normalized spacial score (nSPS) is 15.0. The number of hydrogen-bond donors (Lipinski definition) is 2. The van der Waals surface area contributed by atoms with Gasteiger partial charge in [0.15, 0.2) is 5.54 Å². The summed E-state index contributed by atoms with van der Waals surface area (Å²) in [4.78, 5) is 13.1. The number of rotatable bonds is 7. The van der Waals surface area contributed by atoms with Gasteiger partial charge < -0.3 is 15.7 Å². The summed E-state index contributed by atoms with van der Waals surface area (Å²) in [5.41, 5.74) is 4.93. The minimum Gasteiger partial charge on any atom is -0.480 e. The van der Waals surface area contributed by atoms with Crippen LogP contribution in [0.4, 0.5) is 0 Å². The minimum absolute atomic E-state index is 0.0296. The fourth-order valence-corrected chi connectivity index (χ4v) is 2.49. The number of hydrogen-bond acceptors (Lipinski definition) is 5. The van der Waals surface area contributed by atoms with Crippen molar-refractivity contribution in [2.75, 3.05) is 32.1 Å². The van der Waals surface area contributed by atoms with Crippen molar-refractivity contribution in [3.05, 3.63) is 35.9 Å². The molecular weight excluding hydrogens is 280 g/mol. The first-order valence-corrected chi connectivity index (χ1v) is 8.15. The molecule has 7 heteroatoms. The molecule has 1 atom stereocenters. The number of carbonyl (C=O) groups is 1. The van der Waals surface area contributed by atoms with Gasteiger partial charge in [-0.25, -0.2) is 13.2 Å². The van der Waals surface area contributed by atoms with Gasteiger partial charge in [0.05, 0.1) is 5.75 Å². The third kappa shape index (κ3) is 4.59. The Balaban J connectivity index is 2.86. The van der Waals surface area contributed by atoms with Gasteiger partial charge in [0, 0.05) is 19.3 Å². The van der Waals surface area contributed by atoms with E-state index in [9.17, 15) is 18.3 Å². The molecule has 0 aromatic heterocycles. The van der Waals surface area contributed by atoms with Crippen molar-refractivity contribution in [3.63, 3.8) is 0 Å². The second kappa shape index (κ2) is 6.34. The fraction of sp³-hybridized carbons (Fsp3) is 0.462. The first kappa shape index (κ1) is 16.6. The number of carboxylic acid groups (broad SMARTS) is 1. The average molecular weight is 300 g/mol. The zero-order valence-corrected chi connectivity index (χ0v) is 12.4. The van der Waals surface area contributed by atoms with Gasteiger partial charge in [0.2, 0.25) is 0 Å². The molecule has 0 amide bonds. The fourth-order valence-electron chi connectivity index (χ4n) is 1.84. The van der Waals surface area contributed by atoms with Gasteiger partial charge in [-0.15, -0.1) is 0 Å². The molecule has 1 rings (SSSR count). The van der Waals surface area contributed by atoms with Crippen LogP contribution < -0.4 is 5.73 Å². The molecule has 0 heterocycles. The summed E-state index contributed by atoms with van der Waals surface area (Å²) in [6.07, 6.45) is 1.14. The Morgan fingerprint density at radius 3 is 2.35 bits per heavy atom. The molecule has 0 saturated heterocycles. The minimum atomic E-state index is -3.09. The van der Waals surface area contributed by atoms with Gasteiger partial charge in [0.1, 0.15) is 9.84 Å². The summed E-state index contributed by atoms with van der Waals surface area (Å²) < 4.78 is 22.3. The molecule has 0 bridgehead atoms. The van der Waals surface area contributed by atoms with E-state index in [0.717, 1.165) is 6.26 Å². The first-order chi connectivity index (χ1) is 9.15. The Hall–Kier alpha value is -1.44. The topological polar surface area (TPSA) is 101 Å². The van der Waals surface area contributed by atoms with Crippen molar-refractivity contribution in [1.82, 2.24) is 4.90 Å². The molecule has 112 valence electrons. The van der Waals surface area contributed by atoms with Gasteiger partial charge in [-0.1, -0.05) is 30.3 Å². The van der Waals surface area contributed by atoms with E-state index in [-0.39, 0.29) is 18.8 Å². The summed E-state index contributed by atoms with van der Waals surface area (Å²) in [7, 11) is -1.44. The zero-order chi connectivity index (χ0) is 15.4. The zero-order valence-electron chi connectivity index (χ0n) is 11.6. The third-order valence-corrected chi connectivity index (χ3v) is 3.96. The number of likely N-dealkylation sites (N-methyl/N-ethyl adjacent to an activating group) is 1. The molecule has 1 aromatic rings. The van der Waals surface area contributed by atoms with E-state index in [1.807, 2.05) is 0 Å². The highest BCUT2D eigenvalue weighted by atomic mass is 32.2. The summed E-state index contributed by atoms with van der Waals surface area (Å²) in [5, 5.41) is 9.39. The lowest BCUT2D eigenvalue weighted by molar-refractivity contribution is -0.144.